The number of benzene rings is 2. The van der Waals surface area contributed by atoms with Crippen LogP contribution in [0.2, 0.25) is 5.02 Å². The number of thioether (sulfide) groups is 1. The molecule has 1 N–H and O–H groups in total. The molecule has 0 amide bonds. The van der Waals surface area contributed by atoms with Gasteiger partial charge in [-0.1, -0.05) is 60.5 Å². The summed E-state index contributed by atoms with van der Waals surface area (Å²) in [4.78, 5) is 0. The fourth-order valence-corrected chi connectivity index (χ4v) is 3.61. The van der Waals surface area contributed by atoms with Crippen molar-refractivity contribution < 1.29 is 0 Å². The summed E-state index contributed by atoms with van der Waals surface area (Å²) in [6.45, 7) is 4.40. The molecule has 0 bridgehead atoms. The first kappa shape index (κ1) is 16.4. The van der Waals surface area contributed by atoms with Crippen LogP contribution in [-0.4, -0.2) is 12.3 Å². The molecule has 112 valence electrons. The molecule has 2 rings (SSSR count). The van der Waals surface area contributed by atoms with E-state index in [9.17, 15) is 0 Å². The van der Waals surface area contributed by atoms with Crippen molar-refractivity contribution in [1.82, 2.24) is 5.32 Å². The molecule has 0 aromatic heterocycles. The lowest BCUT2D eigenvalue weighted by atomic mass is 10.0. The van der Waals surface area contributed by atoms with Crippen LogP contribution >= 0.6 is 23.4 Å². The summed E-state index contributed by atoms with van der Waals surface area (Å²) in [5, 5.41) is 4.73. The van der Waals surface area contributed by atoms with Crippen LogP contribution in [0.5, 0.6) is 0 Å². The molecule has 0 radical (unpaired) electrons. The highest BCUT2D eigenvalue weighted by Gasteiger charge is 2.17. The van der Waals surface area contributed by atoms with E-state index in [1.54, 1.807) is 0 Å². The van der Waals surface area contributed by atoms with Crippen molar-refractivity contribution in [3.05, 3.63) is 70.2 Å². The van der Waals surface area contributed by atoms with E-state index in [1.807, 2.05) is 30.9 Å². The third kappa shape index (κ3) is 4.77. The van der Waals surface area contributed by atoms with Crippen LogP contribution in [0.25, 0.3) is 0 Å². The zero-order valence-corrected chi connectivity index (χ0v) is 14.3. The predicted molar refractivity (Wildman–Crippen MR) is 95.2 cm³/mol. The van der Waals surface area contributed by atoms with Gasteiger partial charge in [-0.2, -0.15) is 11.8 Å². The van der Waals surface area contributed by atoms with Gasteiger partial charge in [0.2, 0.25) is 0 Å². The van der Waals surface area contributed by atoms with Gasteiger partial charge in [0.1, 0.15) is 0 Å². The Balaban J connectivity index is 1.98. The fraction of sp³-hybridized carbons (Fsp3) is 0.333. The molecule has 0 saturated carbocycles. The molecule has 0 fully saturated rings. The van der Waals surface area contributed by atoms with Gasteiger partial charge < -0.3 is 5.32 Å². The van der Waals surface area contributed by atoms with E-state index in [1.165, 1.54) is 16.7 Å². The third-order valence-electron chi connectivity index (χ3n) is 3.64. The molecular weight excluding hydrogens is 298 g/mol. The van der Waals surface area contributed by atoms with Gasteiger partial charge in [-0.3, -0.25) is 0 Å². The summed E-state index contributed by atoms with van der Waals surface area (Å²) >= 11 is 7.88. The molecule has 0 heterocycles. The van der Waals surface area contributed by atoms with E-state index >= 15 is 0 Å². The summed E-state index contributed by atoms with van der Waals surface area (Å²) in [5.41, 5.74) is 3.96. The normalized spacial score (nSPS) is 13.9. The van der Waals surface area contributed by atoms with Crippen LogP contribution in [-0.2, 0) is 5.75 Å². The standard InChI is InChI=1S/C18H22ClNS/c1-13-4-8-16(9-5-13)18(20-3)14(2)21-12-15-6-10-17(19)11-7-15/h4-11,14,18,20H,12H2,1-3H3. The second kappa shape index (κ2) is 7.88. The second-order valence-electron chi connectivity index (χ2n) is 5.32. The highest BCUT2D eigenvalue weighted by atomic mass is 35.5. The maximum absolute atomic E-state index is 5.92. The second-order valence-corrected chi connectivity index (χ2v) is 7.12. The fourth-order valence-electron chi connectivity index (χ4n) is 2.35. The minimum atomic E-state index is 0.364. The number of aryl methyl sites for hydroxylation is 1. The number of halogens is 1. The average Bonchev–Trinajstić information content (AvgIpc) is 2.49. The van der Waals surface area contributed by atoms with Crippen LogP contribution < -0.4 is 5.32 Å². The van der Waals surface area contributed by atoms with E-state index in [0.29, 0.717) is 11.3 Å². The summed E-state index contributed by atoms with van der Waals surface area (Å²) in [6, 6.07) is 17.3. The lowest BCUT2D eigenvalue weighted by molar-refractivity contribution is 0.589. The maximum Gasteiger partial charge on any atom is 0.0435 e. The Morgan fingerprint density at radius 2 is 1.67 bits per heavy atom. The Morgan fingerprint density at radius 1 is 1.05 bits per heavy atom. The van der Waals surface area contributed by atoms with Gasteiger partial charge in [-0.25, -0.2) is 0 Å². The highest BCUT2D eigenvalue weighted by molar-refractivity contribution is 7.99. The number of nitrogens with one attached hydrogen (secondary N) is 1. The van der Waals surface area contributed by atoms with E-state index in [2.05, 4.69) is 55.6 Å². The van der Waals surface area contributed by atoms with Crippen LogP contribution in [0.1, 0.15) is 29.7 Å². The Labute approximate surface area is 137 Å². The van der Waals surface area contributed by atoms with Gasteiger partial charge in [-0.15, -0.1) is 0 Å². The molecular formula is C18H22ClNS. The number of hydrogen-bond acceptors (Lipinski definition) is 2. The Kier molecular flexibility index (Phi) is 6.16. The van der Waals surface area contributed by atoms with Crippen molar-refractivity contribution in [3.63, 3.8) is 0 Å². The zero-order chi connectivity index (χ0) is 15.2. The Bertz CT molecular complexity index is 550. The van der Waals surface area contributed by atoms with Gasteiger partial charge in [0.25, 0.3) is 0 Å². The van der Waals surface area contributed by atoms with Gasteiger partial charge in [0.15, 0.2) is 0 Å². The van der Waals surface area contributed by atoms with Crippen LogP contribution in [0, 0.1) is 6.92 Å². The first-order valence-corrected chi connectivity index (χ1v) is 8.62. The first-order chi connectivity index (χ1) is 10.1. The SMILES string of the molecule is CNC(c1ccc(C)cc1)C(C)SCc1ccc(Cl)cc1. The van der Waals surface area contributed by atoms with E-state index in [-0.39, 0.29) is 0 Å². The minimum absolute atomic E-state index is 0.364. The van der Waals surface area contributed by atoms with Crippen molar-refractivity contribution in [2.75, 3.05) is 7.05 Å². The maximum atomic E-state index is 5.92. The summed E-state index contributed by atoms with van der Waals surface area (Å²) in [5.74, 6) is 1.00. The zero-order valence-electron chi connectivity index (χ0n) is 12.8. The van der Waals surface area contributed by atoms with Crippen LogP contribution in [0.15, 0.2) is 48.5 Å². The largest absolute Gasteiger partial charge is 0.312 e. The van der Waals surface area contributed by atoms with Crippen molar-refractivity contribution in [2.24, 2.45) is 0 Å². The molecule has 0 aliphatic rings. The van der Waals surface area contributed by atoms with Gasteiger partial charge in [0, 0.05) is 22.1 Å². The van der Waals surface area contributed by atoms with Crippen molar-refractivity contribution >= 4 is 23.4 Å². The highest BCUT2D eigenvalue weighted by Crippen LogP contribution is 2.29. The van der Waals surface area contributed by atoms with Gasteiger partial charge >= 0.3 is 0 Å². The van der Waals surface area contributed by atoms with Crippen LogP contribution in [0.3, 0.4) is 0 Å². The smallest absolute Gasteiger partial charge is 0.0435 e. The number of rotatable bonds is 6. The molecule has 0 saturated heterocycles. The Hall–Kier alpha value is -0.960. The Morgan fingerprint density at radius 3 is 2.24 bits per heavy atom. The number of hydrogen-bond donors (Lipinski definition) is 1. The molecule has 2 aromatic carbocycles. The molecule has 0 aliphatic carbocycles. The molecule has 2 aromatic rings. The molecule has 3 heteroatoms. The molecule has 2 atom stereocenters. The molecule has 0 aliphatic heterocycles. The quantitative estimate of drug-likeness (QED) is 0.782. The average molecular weight is 320 g/mol. The van der Waals surface area contributed by atoms with E-state index in [0.717, 1.165) is 10.8 Å². The third-order valence-corrected chi connectivity index (χ3v) is 5.19. The van der Waals surface area contributed by atoms with Gasteiger partial charge in [0.05, 0.1) is 0 Å². The van der Waals surface area contributed by atoms with Gasteiger partial charge in [-0.05, 0) is 37.2 Å². The molecule has 1 nitrogen and oxygen atoms in total. The van der Waals surface area contributed by atoms with Crippen molar-refractivity contribution in [3.8, 4) is 0 Å². The first-order valence-electron chi connectivity index (χ1n) is 7.20. The van der Waals surface area contributed by atoms with E-state index in [4.69, 9.17) is 11.6 Å². The summed E-state index contributed by atoms with van der Waals surface area (Å²) < 4.78 is 0. The lowest BCUT2D eigenvalue weighted by Gasteiger charge is -2.24. The van der Waals surface area contributed by atoms with E-state index < -0.39 is 0 Å². The topological polar surface area (TPSA) is 12.0 Å². The molecule has 0 spiro atoms. The minimum Gasteiger partial charge on any atom is -0.312 e. The monoisotopic (exact) mass is 319 g/mol. The summed E-state index contributed by atoms with van der Waals surface area (Å²) in [6.07, 6.45) is 0. The van der Waals surface area contributed by atoms with Crippen molar-refractivity contribution in [2.45, 2.75) is 30.9 Å². The molecule has 2 unspecified atom stereocenters. The van der Waals surface area contributed by atoms with Crippen LogP contribution in [0.4, 0.5) is 0 Å². The predicted octanol–water partition coefficient (Wildman–Crippen LogP) is 5.23. The summed E-state index contributed by atoms with van der Waals surface area (Å²) in [7, 11) is 2.03. The molecule has 21 heavy (non-hydrogen) atoms. The lowest BCUT2D eigenvalue weighted by Crippen LogP contribution is -2.25. The van der Waals surface area contributed by atoms with Crippen molar-refractivity contribution in [1.29, 1.82) is 0 Å².